The molecule has 1 aromatic rings. The van der Waals surface area contributed by atoms with Crippen LogP contribution in [0.5, 0.6) is 0 Å². The van der Waals surface area contributed by atoms with Gasteiger partial charge in [0.2, 0.25) is 5.91 Å². The normalized spacial score (nSPS) is 16.4. The molecule has 1 unspecified atom stereocenters. The SMILES string of the molecule is CCN(CC(O)c1ccc(C)cc1)C(=O)C1CC=CC1. The second kappa shape index (κ2) is 6.71. The summed E-state index contributed by atoms with van der Waals surface area (Å²) in [5.41, 5.74) is 2.04. The van der Waals surface area contributed by atoms with Crippen molar-refractivity contribution in [3.8, 4) is 0 Å². The molecule has 0 heterocycles. The van der Waals surface area contributed by atoms with Gasteiger partial charge in [0.25, 0.3) is 0 Å². The zero-order chi connectivity index (χ0) is 14.5. The van der Waals surface area contributed by atoms with Gasteiger partial charge in [0.1, 0.15) is 0 Å². The molecule has 0 aliphatic heterocycles. The largest absolute Gasteiger partial charge is 0.387 e. The second-order valence-electron chi connectivity index (χ2n) is 5.44. The van der Waals surface area contributed by atoms with E-state index in [1.54, 1.807) is 4.90 Å². The topological polar surface area (TPSA) is 40.5 Å². The molecule has 0 radical (unpaired) electrons. The minimum atomic E-state index is -0.617. The van der Waals surface area contributed by atoms with E-state index in [0.29, 0.717) is 13.1 Å². The zero-order valence-corrected chi connectivity index (χ0v) is 12.2. The first kappa shape index (κ1) is 14.8. The van der Waals surface area contributed by atoms with Crippen molar-refractivity contribution in [1.82, 2.24) is 4.90 Å². The summed E-state index contributed by atoms with van der Waals surface area (Å²) < 4.78 is 0. The number of likely N-dealkylation sites (N-methyl/N-ethyl adjacent to an activating group) is 1. The number of rotatable bonds is 5. The first-order valence-electron chi connectivity index (χ1n) is 7.30. The minimum Gasteiger partial charge on any atom is -0.387 e. The van der Waals surface area contributed by atoms with Crippen molar-refractivity contribution < 1.29 is 9.90 Å². The van der Waals surface area contributed by atoms with Crippen molar-refractivity contribution in [3.63, 3.8) is 0 Å². The van der Waals surface area contributed by atoms with Crippen LogP contribution >= 0.6 is 0 Å². The summed E-state index contributed by atoms with van der Waals surface area (Å²) >= 11 is 0. The Morgan fingerprint density at radius 3 is 2.45 bits per heavy atom. The van der Waals surface area contributed by atoms with E-state index in [4.69, 9.17) is 0 Å². The smallest absolute Gasteiger partial charge is 0.226 e. The second-order valence-corrected chi connectivity index (χ2v) is 5.44. The van der Waals surface area contributed by atoms with Gasteiger partial charge in [-0.2, -0.15) is 0 Å². The number of aliphatic hydroxyl groups excluding tert-OH is 1. The highest BCUT2D eigenvalue weighted by Crippen LogP contribution is 2.22. The molecule has 0 saturated heterocycles. The Balaban J connectivity index is 1.98. The number of hydrogen-bond acceptors (Lipinski definition) is 2. The van der Waals surface area contributed by atoms with E-state index in [9.17, 15) is 9.90 Å². The van der Waals surface area contributed by atoms with E-state index in [1.807, 2.05) is 38.1 Å². The first-order chi connectivity index (χ1) is 9.61. The number of nitrogens with zero attached hydrogens (tertiary/aromatic N) is 1. The maximum absolute atomic E-state index is 12.4. The Kier molecular flexibility index (Phi) is 4.96. The van der Waals surface area contributed by atoms with Crippen molar-refractivity contribution >= 4 is 5.91 Å². The van der Waals surface area contributed by atoms with Crippen LogP contribution in [0.3, 0.4) is 0 Å². The molecule has 108 valence electrons. The Hall–Kier alpha value is -1.61. The number of hydrogen-bond donors (Lipinski definition) is 1. The summed E-state index contributed by atoms with van der Waals surface area (Å²) in [6.45, 7) is 4.99. The maximum Gasteiger partial charge on any atom is 0.226 e. The molecule has 1 aliphatic carbocycles. The third-order valence-electron chi connectivity index (χ3n) is 3.91. The van der Waals surface area contributed by atoms with Crippen LogP contribution in [0.4, 0.5) is 0 Å². The Morgan fingerprint density at radius 2 is 1.90 bits per heavy atom. The molecule has 0 bridgehead atoms. The number of aliphatic hydroxyl groups is 1. The van der Waals surface area contributed by atoms with E-state index < -0.39 is 6.10 Å². The van der Waals surface area contributed by atoms with Gasteiger partial charge in [-0.05, 0) is 32.3 Å². The Morgan fingerprint density at radius 1 is 1.30 bits per heavy atom. The summed E-state index contributed by atoms with van der Waals surface area (Å²) in [5, 5.41) is 10.3. The van der Waals surface area contributed by atoms with E-state index in [0.717, 1.165) is 18.4 Å². The summed E-state index contributed by atoms with van der Waals surface area (Å²) in [6, 6.07) is 7.82. The van der Waals surface area contributed by atoms with Crippen LogP contribution in [-0.4, -0.2) is 29.0 Å². The molecule has 1 aromatic carbocycles. The highest BCUT2D eigenvalue weighted by atomic mass is 16.3. The average Bonchev–Trinajstić information content (AvgIpc) is 2.98. The summed E-state index contributed by atoms with van der Waals surface area (Å²) in [4.78, 5) is 14.1. The molecule has 0 spiro atoms. The highest BCUT2D eigenvalue weighted by molar-refractivity contribution is 5.79. The molecular formula is C17H23NO2. The number of carbonyl (C=O) groups is 1. The van der Waals surface area contributed by atoms with Crippen LogP contribution in [0.15, 0.2) is 36.4 Å². The van der Waals surface area contributed by atoms with E-state index >= 15 is 0 Å². The molecule has 3 heteroatoms. The fourth-order valence-electron chi connectivity index (χ4n) is 2.55. The van der Waals surface area contributed by atoms with Crippen LogP contribution in [-0.2, 0) is 4.79 Å². The lowest BCUT2D eigenvalue weighted by Crippen LogP contribution is -2.38. The lowest BCUT2D eigenvalue weighted by atomic mass is 10.0. The molecule has 3 nitrogen and oxygen atoms in total. The van der Waals surface area contributed by atoms with Crippen molar-refractivity contribution in [1.29, 1.82) is 0 Å². The zero-order valence-electron chi connectivity index (χ0n) is 12.2. The Labute approximate surface area is 120 Å². The monoisotopic (exact) mass is 273 g/mol. The number of carbonyl (C=O) groups excluding carboxylic acids is 1. The molecule has 0 saturated carbocycles. The number of amides is 1. The molecule has 1 aliphatic rings. The van der Waals surface area contributed by atoms with E-state index in [1.165, 1.54) is 5.56 Å². The number of aryl methyl sites for hydroxylation is 1. The van der Waals surface area contributed by atoms with Crippen LogP contribution in [0, 0.1) is 12.8 Å². The van der Waals surface area contributed by atoms with Gasteiger partial charge < -0.3 is 10.0 Å². The average molecular weight is 273 g/mol. The lowest BCUT2D eigenvalue weighted by Gasteiger charge is -2.26. The number of benzene rings is 1. The maximum atomic E-state index is 12.4. The fourth-order valence-corrected chi connectivity index (χ4v) is 2.55. The summed E-state index contributed by atoms with van der Waals surface area (Å²) in [6.07, 6.45) is 5.17. The molecule has 0 fully saturated rings. The van der Waals surface area contributed by atoms with Gasteiger partial charge in [0.05, 0.1) is 12.6 Å². The highest BCUT2D eigenvalue weighted by Gasteiger charge is 2.25. The number of allylic oxidation sites excluding steroid dienone is 2. The quantitative estimate of drug-likeness (QED) is 0.838. The van der Waals surface area contributed by atoms with Gasteiger partial charge >= 0.3 is 0 Å². The van der Waals surface area contributed by atoms with Crippen LogP contribution in [0.25, 0.3) is 0 Å². The molecule has 1 N–H and O–H groups in total. The van der Waals surface area contributed by atoms with Crippen molar-refractivity contribution in [3.05, 3.63) is 47.5 Å². The van der Waals surface area contributed by atoms with Crippen LogP contribution in [0.1, 0.15) is 37.0 Å². The van der Waals surface area contributed by atoms with Gasteiger partial charge in [-0.25, -0.2) is 0 Å². The van der Waals surface area contributed by atoms with Crippen LogP contribution < -0.4 is 0 Å². The summed E-state index contributed by atoms with van der Waals surface area (Å²) in [5.74, 6) is 0.226. The molecule has 2 rings (SSSR count). The standard InChI is InChI=1S/C17H23NO2/c1-3-18(17(20)15-6-4-5-7-15)12-16(19)14-10-8-13(2)9-11-14/h4-5,8-11,15-16,19H,3,6-7,12H2,1-2H3. The lowest BCUT2D eigenvalue weighted by molar-refractivity contribution is -0.136. The third-order valence-corrected chi connectivity index (χ3v) is 3.91. The van der Waals surface area contributed by atoms with Crippen LogP contribution in [0.2, 0.25) is 0 Å². The van der Waals surface area contributed by atoms with Gasteiger partial charge in [-0.1, -0.05) is 42.0 Å². The molecule has 0 aromatic heterocycles. The third kappa shape index (κ3) is 3.48. The van der Waals surface area contributed by atoms with Crippen molar-refractivity contribution in [2.24, 2.45) is 5.92 Å². The van der Waals surface area contributed by atoms with E-state index in [2.05, 4.69) is 12.2 Å². The predicted molar refractivity (Wildman–Crippen MR) is 80.3 cm³/mol. The van der Waals surface area contributed by atoms with Gasteiger partial charge in [-0.15, -0.1) is 0 Å². The molecule has 1 atom stereocenters. The fraction of sp³-hybridized carbons (Fsp3) is 0.471. The Bertz CT molecular complexity index is 470. The van der Waals surface area contributed by atoms with Crippen molar-refractivity contribution in [2.45, 2.75) is 32.8 Å². The van der Waals surface area contributed by atoms with Gasteiger partial charge in [0.15, 0.2) is 0 Å². The van der Waals surface area contributed by atoms with Gasteiger partial charge in [0, 0.05) is 12.5 Å². The predicted octanol–water partition coefficient (Wildman–Crippen LogP) is 2.84. The first-order valence-corrected chi connectivity index (χ1v) is 7.30. The molecule has 1 amide bonds. The molecule has 20 heavy (non-hydrogen) atoms. The minimum absolute atomic E-state index is 0.0696. The molecular weight excluding hydrogens is 250 g/mol. The summed E-state index contributed by atoms with van der Waals surface area (Å²) in [7, 11) is 0. The van der Waals surface area contributed by atoms with E-state index in [-0.39, 0.29) is 11.8 Å². The van der Waals surface area contributed by atoms with Crippen molar-refractivity contribution in [2.75, 3.05) is 13.1 Å². The van der Waals surface area contributed by atoms with Gasteiger partial charge in [-0.3, -0.25) is 4.79 Å².